The van der Waals surface area contributed by atoms with Crippen LogP contribution >= 0.6 is 15.9 Å². The number of nitrogens with two attached hydrogens (primary N) is 1. The van der Waals surface area contributed by atoms with Crippen LogP contribution in [0.4, 0.5) is 17.1 Å². The normalized spacial score (nSPS) is 9.89. The first-order chi connectivity index (χ1) is 9.22. The molecule has 2 aromatic carbocycles. The molecule has 0 unspecified atom stereocenters. The summed E-state index contributed by atoms with van der Waals surface area (Å²) in [6.07, 6.45) is 0.464. The van der Waals surface area contributed by atoms with Crippen molar-refractivity contribution >= 4 is 33.0 Å². The maximum Gasteiger partial charge on any atom is 0.0640 e. The van der Waals surface area contributed by atoms with Crippen molar-refractivity contribution in [3.8, 4) is 6.07 Å². The lowest BCUT2D eigenvalue weighted by molar-refractivity contribution is 0.946. The van der Waals surface area contributed by atoms with Gasteiger partial charge in [0.05, 0.1) is 18.2 Å². The molecular weight excluding hydrogens is 302 g/mol. The molecule has 0 aromatic heterocycles. The van der Waals surface area contributed by atoms with Gasteiger partial charge in [-0.2, -0.15) is 5.26 Å². The van der Waals surface area contributed by atoms with Crippen LogP contribution in [0.2, 0.25) is 0 Å². The Labute approximate surface area is 121 Å². The van der Waals surface area contributed by atoms with Crippen LogP contribution in [0.15, 0.2) is 53.0 Å². The standard InChI is InChI=1S/C15H14BrN3/c16-14-11-12(18)7-8-15(14)19(10-4-9-17)13-5-2-1-3-6-13/h1-3,5-8,11H,4,10,18H2. The molecule has 0 saturated carbocycles. The summed E-state index contributed by atoms with van der Waals surface area (Å²) < 4.78 is 0.925. The van der Waals surface area contributed by atoms with Crippen molar-refractivity contribution in [1.29, 1.82) is 5.26 Å². The van der Waals surface area contributed by atoms with Crippen LogP contribution in [0, 0.1) is 11.3 Å². The molecule has 4 heteroatoms. The highest BCUT2D eigenvalue weighted by Crippen LogP contribution is 2.33. The van der Waals surface area contributed by atoms with E-state index in [-0.39, 0.29) is 0 Å². The number of rotatable bonds is 4. The quantitative estimate of drug-likeness (QED) is 0.865. The van der Waals surface area contributed by atoms with Crippen LogP contribution < -0.4 is 10.6 Å². The average Bonchev–Trinajstić information content (AvgIpc) is 2.42. The minimum absolute atomic E-state index is 0.464. The fraction of sp³-hybridized carbons (Fsp3) is 0.133. The molecule has 0 amide bonds. The van der Waals surface area contributed by atoms with Crippen molar-refractivity contribution in [2.75, 3.05) is 17.2 Å². The highest BCUT2D eigenvalue weighted by molar-refractivity contribution is 9.10. The first-order valence-electron chi connectivity index (χ1n) is 5.97. The third kappa shape index (κ3) is 3.27. The van der Waals surface area contributed by atoms with Gasteiger partial charge in [-0.3, -0.25) is 0 Å². The molecule has 0 aliphatic rings. The number of para-hydroxylation sites is 1. The van der Waals surface area contributed by atoms with Crippen molar-refractivity contribution in [3.63, 3.8) is 0 Å². The van der Waals surface area contributed by atoms with Gasteiger partial charge in [0.2, 0.25) is 0 Å². The lowest BCUT2D eigenvalue weighted by atomic mass is 10.2. The van der Waals surface area contributed by atoms with Gasteiger partial charge < -0.3 is 10.6 Å². The number of nitrogen functional groups attached to an aromatic ring is 1. The summed E-state index contributed by atoms with van der Waals surface area (Å²) >= 11 is 3.53. The Morgan fingerprint density at radius 2 is 1.89 bits per heavy atom. The van der Waals surface area contributed by atoms with Crippen LogP contribution in [0.5, 0.6) is 0 Å². The van der Waals surface area contributed by atoms with E-state index in [1.54, 1.807) is 0 Å². The number of hydrogen-bond donors (Lipinski definition) is 1. The van der Waals surface area contributed by atoms with E-state index >= 15 is 0 Å². The molecule has 19 heavy (non-hydrogen) atoms. The van der Waals surface area contributed by atoms with E-state index < -0.39 is 0 Å². The minimum atomic E-state index is 0.464. The molecular formula is C15H14BrN3. The molecule has 3 nitrogen and oxygen atoms in total. The molecule has 0 spiro atoms. The van der Waals surface area contributed by atoms with Crippen molar-refractivity contribution in [3.05, 3.63) is 53.0 Å². The smallest absolute Gasteiger partial charge is 0.0640 e. The van der Waals surface area contributed by atoms with Crippen LogP contribution in [-0.4, -0.2) is 6.54 Å². The lowest BCUT2D eigenvalue weighted by Gasteiger charge is -2.25. The molecule has 0 aliphatic carbocycles. The van der Waals surface area contributed by atoms with Crippen LogP contribution in [-0.2, 0) is 0 Å². The Bertz CT molecular complexity index is 590. The zero-order chi connectivity index (χ0) is 13.7. The van der Waals surface area contributed by atoms with Crippen LogP contribution in [0.1, 0.15) is 6.42 Å². The van der Waals surface area contributed by atoms with Gasteiger partial charge in [-0.1, -0.05) is 18.2 Å². The van der Waals surface area contributed by atoms with E-state index in [4.69, 9.17) is 11.0 Å². The second-order valence-electron chi connectivity index (χ2n) is 4.11. The minimum Gasteiger partial charge on any atom is -0.399 e. The zero-order valence-corrected chi connectivity index (χ0v) is 12.0. The summed E-state index contributed by atoms with van der Waals surface area (Å²) in [5.74, 6) is 0. The van der Waals surface area contributed by atoms with Gasteiger partial charge in [0.1, 0.15) is 0 Å². The van der Waals surface area contributed by atoms with Gasteiger partial charge >= 0.3 is 0 Å². The molecule has 2 N–H and O–H groups in total. The second kappa shape index (κ2) is 6.26. The summed E-state index contributed by atoms with van der Waals surface area (Å²) in [6.45, 7) is 0.642. The fourth-order valence-electron chi connectivity index (χ4n) is 1.90. The molecule has 0 heterocycles. The Hall–Kier alpha value is -1.99. The number of benzene rings is 2. The molecule has 0 fully saturated rings. The van der Waals surface area contributed by atoms with Crippen molar-refractivity contribution in [2.45, 2.75) is 6.42 Å². The Kier molecular flexibility index (Phi) is 4.43. The Balaban J connectivity index is 2.40. The van der Waals surface area contributed by atoms with E-state index in [1.807, 2.05) is 48.5 Å². The predicted octanol–water partition coefficient (Wildman–Crippen LogP) is 4.08. The van der Waals surface area contributed by atoms with Gasteiger partial charge in [0.15, 0.2) is 0 Å². The van der Waals surface area contributed by atoms with Gasteiger partial charge in [-0.15, -0.1) is 0 Å². The monoisotopic (exact) mass is 315 g/mol. The van der Waals surface area contributed by atoms with E-state index in [0.717, 1.165) is 15.8 Å². The third-order valence-electron chi connectivity index (χ3n) is 2.78. The zero-order valence-electron chi connectivity index (χ0n) is 10.4. The molecule has 0 bridgehead atoms. The van der Waals surface area contributed by atoms with Crippen LogP contribution in [0.3, 0.4) is 0 Å². The van der Waals surface area contributed by atoms with Crippen LogP contribution in [0.25, 0.3) is 0 Å². The predicted molar refractivity (Wildman–Crippen MR) is 82.2 cm³/mol. The number of anilines is 3. The summed E-state index contributed by atoms with van der Waals surface area (Å²) in [6, 6.07) is 17.9. The highest BCUT2D eigenvalue weighted by atomic mass is 79.9. The largest absolute Gasteiger partial charge is 0.399 e. The third-order valence-corrected chi connectivity index (χ3v) is 3.41. The fourth-order valence-corrected chi connectivity index (χ4v) is 2.51. The average molecular weight is 316 g/mol. The number of nitriles is 1. The first kappa shape index (κ1) is 13.4. The molecule has 0 radical (unpaired) electrons. The van der Waals surface area contributed by atoms with Crippen molar-refractivity contribution < 1.29 is 0 Å². The number of hydrogen-bond acceptors (Lipinski definition) is 3. The van der Waals surface area contributed by atoms with E-state index in [9.17, 15) is 0 Å². The lowest BCUT2D eigenvalue weighted by Crippen LogP contribution is -2.18. The Morgan fingerprint density at radius 1 is 1.16 bits per heavy atom. The summed E-state index contributed by atoms with van der Waals surface area (Å²) in [5.41, 5.74) is 8.55. The van der Waals surface area contributed by atoms with Crippen molar-refractivity contribution in [2.24, 2.45) is 0 Å². The molecule has 2 aromatic rings. The van der Waals surface area contributed by atoms with Gasteiger partial charge in [0, 0.05) is 22.4 Å². The highest BCUT2D eigenvalue weighted by Gasteiger charge is 2.12. The first-order valence-corrected chi connectivity index (χ1v) is 6.76. The van der Waals surface area contributed by atoms with Gasteiger partial charge in [0.25, 0.3) is 0 Å². The summed E-state index contributed by atoms with van der Waals surface area (Å²) in [4.78, 5) is 2.10. The topological polar surface area (TPSA) is 53.0 Å². The van der Waals surface area contributed by atoms with Gasteiger partial charge in [-0.05, 0) is 46.3 Å². The van der Waals surface area contributed by atoms with Gasteiger partial charge in [-0.25, -0.2) is 0 Å². The maximum absolute atomic E-state index is 8.81. The molecule has 0 saturated heterocycles. The van der Waals surface area contributed by atoms with E-state index in [1.165, 1.54) is 0 Å². The summed E-state index contributed by atoms with van der Waals surface area (Å²) in [5, 5.41) is 8.81. The van der Waals surface area contributed by atoms with E-state index in [0.29, 0.717) is 18.7 Å². The number of halogens is 1. The summed E-state index contributed by atoms with van der Waals surface area (Å²) in [7, 11) is 0. The SMILES string of the molecule is N#CCCN(c1ccccc1)c1ccc(N)cc1Br. The molecule has 0 aliphatic heterocycles. The maximum atomic E-state index is 8.81. The molecule has 0 atom stereocenters. The number of nitrogens with zero attached hydrogens (tertiary/aromatic N) is 2. The van der Waals surface area contributed by atoms with Crippen molar-refractivity contribution in [1.82, 2.24) is 0 Å². The molecule has 96 valence electrons. The van der Waals surface area contributed by atoms with E-state index in [2.05, 4.69) is 26.9 Å². The molecule has 2 rings (SSSR count). The second-order valence-corrected chi connectivity index (χ2v) is 4.96. The Morgan fingerprint density at radius 3 is 2.53 bits per heavy atom.